The second kappa shape index (κ2) is 9.22. The van der Waals surface area contributed by atoms with Gasteiger partial charge in [0.15, 0.2) is 0 Å². The molecular weight excluding hydrogens is 380 g/mol. The molecule has 6 heteroatoms. The molecule has 160 valence electrons. The number of esters is 1. The minimum Gasteiger partial charge on any atom is -0.491 e. The molecule has 0 aliphatic carbocycles. The number of aryl methyl sites for hydroxylation is 3. The Morgan fingerprint density at radius 3 is 2.63 bits per heavy atom. The van der Waals surface area contributed by atoms with Crippen LogP contribution in [0.5, 0.6) is 5.75 Å². The van der Waals surface area contributed by atoms with E-state index in [0.29, 0.717) is 24.5 Å². The first-order chi connectivity index (χ1) is 14.3. The molecule has 0 fully saturated rings. The fraction of sp³-hybridized carbons (Fsp3) is 0.375. The van der Waals surface area contributed by atoms with Gasteiger partial charge in [-0.2, -0.15) is 0 Å². The van der Waals surface area contributed by atoms with Gasteiger partial charge < -0.3 is 24.5 Å². The van der Waals surface area contributed by atoms with Gasteiger partial charge in [-0.15, -0.1) is 0 Å². The molecule has 0 radical (unpaired) electrons. The number of fused-ring (bicyclic) bond motifs is 1. The minimum atomic E-state index is -0.677. The van der Waals surface area contributed by atoms with Gasteiger partial charge >= 0.3 is 5.97 Å². The average molecular weight is 411 g/mol. The molecule has 0 amide bonds. The van der Waals surface area contributed by atoms with E-state index in [0.717, 1.165) is 27.8 Å². The highest BCUT2D eigenvalue weighted by Crippen LogP contribution is 2.29. The van der Waals surface area contributed by atoms with E-state index in [1.807, 2.05) is 55.8 Å². The van der Waals surface area contributed by atoms with Crippen LogP contribution in [0.2, 0.25) is 0 Å². The van der Waals surface area contributed by atoms with Crippen molar-refractivity contribution in [2.24, 2.45) is 7.05 Å². The number of hydrogen-bond acceptors (Lipinski definition) is 5. The van der Waals surface area contributed by atoms with Crippen molar-refractivity contribution < 1.29 is 19.4 Å². The number of ether oxygens (including phenoxy) is 2. The lowest BCUT2D eigenvalue weighted by Crippen LogP contribution is -2.26. The lowest BCUT2D eigenvalue weighted by Gasteiger charge is -2.16. The number of aliphatic hydroxyl groups excluding tert-OH is 1. The second-order valence-corrected chi connectivity index (χ2v) is 7.58. The van der Waals surface area contributed by atoms with E-state index in [1.54, 1.807) is 6.92 Å². The zero-order chi connectivity index (χ0) is 21.8. The highest BCUT2D eigenvalue weighted by atomic mass is 16.5. The summed E-state index contributed by atoms with van der Waals surface area (Å²) >= 11 is 0. The zero-order valence-electron chi connectivity index (χ0n) is 18.3. The van der Waals surface area contributed by atoms with Gasteiger partial charge in [0, 0.05) is 35.9 Å². The predicted molar refractivity (Wildman–Crippen MR) is 120 cm³/mol. The molecule has 0 bridgehead atoms. The summed E-state index contributed by atoms with van der Waals surface area (Å²) in [4.78, 5) is 12.4. The van der Waals surface area contributed by atoms with Crippen LogP contribution in [0.3, 0.4) is 0 Å². The molecule has 6 nitrogen and oxygen atoms in total. The number of aromatic nitrogens is 1. The molecule has 2 aromatic carbocycles. The van der Waals surface area contributed by atoms with Crippen molar-refractivity contribution in [3.05, 3.63) is 58.8 Å². The zero-order valence-corrected chi connectivity index (χ0v) is 18.3. The van der Waals surface area contributed by atoms with Crippen LogP contribution in [0.15, 0.2) is 36.4 Å². The summed E-state index contributed by atoms with van der Waals surface area (Å²) in [5.41, 5.74) is 5.67. The fourth-order valence-corrected chi connectivity index (χ4v) is 3.59. The number of rotatable bonds is 8. The van der Waals surface area contributed by atoms with Crippen molar-refractivity contribution in [3.8, 4) is 5.75 Å². The molecule has 0 saturated carbocycles. The Morgan fingerprint density at radius 2 is 1.93 bits per heavy atom. The first-order valence-electron chi connectivity index (χ1n) is 10.2. The molecule has 0 spiro atoms. The number of nitrogens with one attached hydrogen (secondary N) is 1. The Labute approximate surface area is 177 Å². The highest BCUT2D eigenvalue weighted by Gasteiger charge is 2.20. The van der Waals surface area contributed by atoms with Gasteiger partial charge in [0.1, 0.15) is 18.5 Å². The molecule has 3 rings (SSSR count). The smallest absolute Gasteiger partial charge is 0.340 e. The van der Waals surface area contributed by atoms with Crippen LogP contribution in [0.4, 0.5) is 5.69 Å². The summed E-state index contributed by atoms with van der Waals surface area (Å²) in [6, 6.07) is 11.8. The standard InChI is InChI=1S/C24H30N2O4/c1-6-29-24(28)23-17(4)26(5)22-10-8-19(12-20(22)23)30-14-18(27)13-25-21-9-7-15(2)11-16(21)3/h7-12,18,25,27H,6,13-14H2,1-5H3. The first-order valence-corrected chi connectivity index (χ1v) is 10.2. The maximum atomic E-state index is 12.4. The van der Waals surface area contributed by atoms with Gasteiger partial charge in [-0.05, 0) is 57.5 Å². The Kier molecular flexibility index (Phi) is 6.67. The van der Waals surface area contributed by atoms with E-state index in [2.05, 4.69) is 18.3 Å². The predicted octanol–water partition coefficient (Wildman–Crippen LogP) is 4.13. The van der Waals surface area contributed by atoms with Gasteiger partial charge in [-0.3, -0.25) is 0 Å². The Bertz CT molecular complexity index is 1060. The molecule has 1 heterocycles. The number of benzene rings is 2. The van der Waals surface area contributed by atoms with Crippen LogP contribution >= 0.6 is 0 Å². The summed E-state index contributed by atoms with van der Waals surface area (Å²) in [6.45, 7) is 8.63. The van der Waals surface area contributed by atoms with Crippen molar-refractivity contribution in [2.75, 3.05) is 25.1 Å². The Morgan fingerprint density at radius 1 is 1.17 bits per heavy atom. The van der Waals surface area contributed by atoms with Crippen molar-refractivity contribution >= 4 is 22.6 Å². The van der Waals surface area contributed by atoms with Crippen LogP contribution in [-0.4, -0.2) is 41.5 Å². The largest absolute Gasteiger partial charge is 0.491 e. The van der Waals surface area contributed by atoms with Gasteiger partial charge in [-0.25, -0.2) is 4.79 Å². The van der Waals surface area contributed by atoms with Crippen molar-refractivity contribution in [1.82, 2.24) is 4.57 Å². The van der Waals surface area contributed by atoms with Crippen LogP contribution in [0.1, 0.15) is 34.1 Å². The molecule has 2 N–H and O–H groups in total. The molecule has 1 unspecified atom stereocenters. The number of carbonyl (C=O) groups excluding carboxylic acids is 1. The lowest BCUT2D eigenvalue weighted by atomic mass is 10.1. The van der Waals surface area contributed by atoms with Crippen molar-refractivity contribution in [3.63, 3.8) is 0 Å². The van der Waals surface area contributed by atoms with Gasteiger partial charge in [0.2, 0.25) is 0 Å². The normalized spacial score (nSPS) is 12.1. The first kappa shape index (κ1) is 21.7. The maximum absolute atomic E-state index is 12.4. The van der Waals surface area contributed by atoms with Crippen LogP contribution in [0, 0.1) is 20.8 Å². The van der Waals surface area contributed by atoms with Gasteiger partial charge in [0.25, 0.3) is 0 Å². The lowest BCUT2D eigenvalue weighted by molar-refractivity contribution is 0.0527. The third-order valence-corrected chi connectivity index (χ3v) is 5.30. The van der Waals surface area contributed by atoms with E-state index in [4.69, 9.17) is 9.47 Å². The second-order valence-electron chi connectivity index (χ2n) is 7.58. The van der Waals surface area contributed by atoms with Crippen LogP contribution in [-0.2, 0) is 11.8 Å². The highest BCUT2D eigenvalue weighted by molar-refractivity contribution is 6.06. The van der Waals surface area contributed by atoms with Crippen molar-refractivity contribution in [1.29, 1.82) is 0 Å². The van der Waals surface area contributed by atoms with Crippen LogP contribution in [0.25, 0.3) is 10.9 Å². The average Bonchev–Trinajstić information content (AvgIpc) is 2.96. The molecule has 0 saturated heterocycles. The van der Waals surface area contributed by atoms with E-state index >= 15 is 0 Å². The topological polar surface area (TPSA) is 72.7 Å². The number of aliphatic hydroxyl groups is 1. The minimum absolute atomic E-state index is 0.143. The third-order valence-electron chi connectivity index (χ3n) is 5.30. The van der Waals surface area contributed by atoms with E-state index in [-0.39, 0.29) is 12.6 Å². The molecule has 3 aromatic rings. The summed E-state index contributed by atoms with van der Waals surface area (Å²) < 4.78 is 13.0. The molecule has 0 aliphatic heterocycles. The SMILES string of the molecule is CCOC(=O)c1c(C)n(C)c2ccc(OCC(O)CNc3ccc(C)cc3C)cc12. The molecule has 0 aliphatic rings. The Hall–Kier alpha value is -2.99. The van der Waals surface area contributed by atoms with Gasteiger partial charge in [0.05, 0.1) is 12.2 Å². The number of anilines is 1. The summed E-state index contributed by atoms with van der Waals surface area (Å²) in [5.74, 6) is 0.264. The van der Waals surface area contributed by atoms with Crippen LogP contribution < -0.4 is 10.1 Å². The molecule has 1 atom stereocenters. The molecule has 30 heavy (non-hydrogen) atoms. The van der Waals surface area contributed by atoms with Gasteiger partial charge in [-0.1, -0.05) is 17.7 Å². The van der Waals surface area contributed by atoms with E-state index in [1.165, 1.54) is 5.56 Å². The molecular formula is C24H30N2O4. The Balaban J connectivity index is 1.68. The van der Waals surface area contributed by atoms with Crippen molar-refractivity contribution in [2.45, 2.75) is 33.8 Å². The molecule has 1 aromatic heterocycles. The maximum Gasteiger partial charge on any atom is 0.340 e. The third kappa shape index (κ3) is 4.60. The quantitative estimate of drug-likeness (QED) is 0.546. The number of hydrogen-bond donors (Lipinski definition) is 2. The summed E-state index contributed by atoms with van der Waals surface area (Å²) in [7, 11) is 1.92. The summed E-state index contributed by atoms with van der Waals surface area (Å²) in [6.07, 6.45) is -0.677. The van der Waals surface area contributed by atoms with E-state index in [9.17, 15) is 9.90 Å². The number of carbonyl (C=O) groups is 1. The summed E-state index contributed by atoms with van der Waals surface area (Å²) in [5, 5.41) is 14.4. The fourth-order valence-electron chi connectivity index (χ4n) is 3.59. The van der Waals surface area contributed by atoms with E-state index < -0.39 is 6.10 Å². The monoisotopic (exact) mass is 410 g/mol. The number of nitrogens with zero attached hydrogens (tertiary/aromatic N) is 1.